The van der Waals surface area contributed by atoms with Crippen LogP contribution in [0.1, 0.15) is 18.5 Å². The van der Waals surface area contributed by atoms with Crippen LogP contribution in [0.15, 0.2) is 70.9 Å². The second-order valence-corrected chi connectivity index (χ2v) is 7.54. The number of hydrogen-bond donors (Lipinski definition) is 1. The molecule has 5 nitrogen and oxygen atoms in total. The number of nitrogens with zero attached hydrogens (tertiary/aromatic N) is 2. The summed E-state index contributed by atoms with van der Waals surface area (Å²) in [5.74, 6) is -0.0713. The Balaban J connectivity index is 1.81. The quantitative estimate of drug-likeness (QED) is 0.842. The largest absolute Gasteiger partial charge is 0.322 e. The first-order chi connectivity index (χ1) is 13.1. The fourth-order valence-corrected chi connectivity index (χ4v) is 4.42. The molecule has 27 heavy (non-hydrogen) atoms. The molecule has 1 atom stereocenters. The zero-order valence-electron chi connectivity index (χ0n) is 14.5. The van der Waals surface area contributed by atoms with Gasteiger partial charge in [-0.2, -0.15) is 0 Å². The Kier molecular flexibility index (Phi) is 4.76. The molecule has 1 fully saturated rings. The lowest BCUT2D eigenvalue weighted by Gasteiger charge is -2.33. The van der Waals surface area contributed by atoms with Gasteiger partial charge >= 0.3 is 0 Å². The molecule has 0 aliphatic carbocycles. The van der Waals surface area contributed by atoms with Crippen molar-refractivity contribution in [3.05, 3.63) is 76.5 Å². The molecule has 0 unspecified atom stereocenters. The van der Waals surface area contributed by atoms with Gasteiger partial charge in [0.05, 0.1) is 23.1 Å². The van der Waals surface area contributed by atoms with E-state index in [9.17, 15) is 9.59 Å². The van der Waals surface area contributed by atoms with Crippen molar-refractivity contribution in [2.24, 2.45) is 4.99 Å². The number of amides is 2. The maximum absolute atomic E-state index is 13.1. The van der Waals surface area contributed by atoms with E-state index >= 15 is 0 Å². The van der Waals surface area contributed by atoms with Gasteiger partial charge in [0.15, 0.2) is 5.17 Å². The van der Waals surface area contributed by atoms with Crippen molar-refractivity contribution in [2.75, 3.05) is 11.1 Å². The van der Waals surface area contributed by atoms with Crippen LogP contribution in [0.5, 0.6) is 0 Å². The molecule has 0 radical (unpaired) electrons. The number of carbonyl (C=O) groups is 2. The molecule has 2 aliphatic rings. The van der Waals surface area contributed by atoms with Crippen molar-refractivity contribution in [1.82, 2.24) is 4.90 Å². The number of benzene rings is 2. The van der Waals surface area contributed by atoms with Crippen molar-refractivity contribution in [3.63, 3.8) is 0 Å². The Morgan fingerprint density at radius 1 is 1.19 bits per heavy atom. The van der Waals surface area contributed by atoms with Gasteiger partial charge in [0.2, 0.25) is 5.91 Å². The number of rotatable bonds is 3. The molecule has 1 N–H and O–H groups in total. The number of amidine groups is 1. The normalized spacial score (nSPS) is 19.0. The molecular formula is C20H16ClN3O2S. The van der Waals surface area contributed by atoms with Gasteiger partial charge in [-0.3, -0.25) is 14.5 Å². The summed E-state index contributed by atoms with van der Waals surface area (Å²) >= 11 is 7.81. The SMILES string of the molecule is CC1=C(C(=O)Nc2ccccc2)[C@H](c2ccccc2Cl)N2C(=O)CSC2=N1. The van der Waals surface area contributed by atoms with Gasteiger partial charge in [-0.25, -0.2) is 4.99 Å². The van der Waals surface area contributed by atoms with E-state index in [1.54, 1.807) is 17.9 Å². The number of allylic oxidation sites excluding steroid dienone is 1. The highest BCUT2D eigenvalue weighted by atomic mass is 35.5. The molecule has 1 saturated heterocycles. The summed E-state index contributed by atoms with van der Waals surface area (Å²) in [6.07, 6.45) is 0. The molecule has 4 rings (SSSR count). The van der Waals surface area contributed by atoms with Gasteiger partial charge in [-0.1, -0.05) is 59.8 Å². The summed E-state index contributed by atoms with van der Waals surface area (Å²) in [4.78, 5) is 31.8. The van der Waals surface area contributed by atoms with Crippen LogP contribution in [0.3, 0.4) is 0 Å². The van der Waals surface area contributed by atoms with Crippen LogP contribution < -0.4 is 5.32 Å². The topological polar surface area (TPSA) is 61.8 Å². The Labute approximate surface area is 166 Å². The predicted molar refractivity (Wildman–Crippen MR) is 109 cm³/mol. The molecule has 2 amide bonds. The van der Waals surface area contributed by atoms with E-state index in [2.05, 4.69) is 10.3 Å². The average Bonchev–Trinajstić information content (AvgIpc) is 3.02. The Morgan fingerprint density at radius 3 is 2.63 bits per heavy atom. The minimum atomic E-state index is -0.600. The first-order valence-electron chi connectivity index (χ1n) is 8.41. The lowest BCUT2D eigenvalue weighted by molar-refractivity contribution is -0.125. The molecule has 2 aliphatic heterocycles. The van der Waals surface area contributed by atoms with Crippen molar-refractivity contribution in [1.29, 1.82) is 0 Å². The highest BCUT2D eigenvalue weighted by molar-refractivity contribution is 8.15. The standard InChI is InChI=1S/C20H16ClN3O2S/c1-12-17(19(26)23-13-7-3-2-4-8-13)18(14-9-5-6-10-15(14)21)24-16(25)11-27-20(24)22-12/h2-10,18H,11H2,1H3,(H,23,26)/t18-/m0/s1. The summed E-state index contributed by atoms with van der Waals surface area (Å²) in [6, 6.07) is 15.9. The van der Waals surface area contributed by atoms with Gasteiger partial charge in [0.1, 0.15) is 0 Å². The third-order valence-corrected chi connectivity index (χ3v) is 5.74. The third kappa shape index (κ3) is 3.26. The smallest absolute Gasteiger partial charge is 0.255 e. The van der Waals surface area contributed by atoms with Gasteiger partial charge < -0.3 is 5.32 Å². The number of carbonyl (C=O) groups excluding carboxylic acids is 2. The van der Waals surface area contributed by atoms with E-state index in [-0.39, 0.29) is 11.8 Å². The molecule has 7 heteroatoms. The van der Waals surface area contributed by atoms with Crippen LogP contribution in [-0.4, -0.2) is 27.6 Å². The van der Waals surface area contributed by atoms with E-state index in [4.69, 9.17) is 11.6 Å². The Hall–Kier alpha value is -2.57. The van der Waals surface area contributed by atoms with E-state index in [1.807, 2.05) is 48.5 Å². The van der Waals surface area contributed by atoms with Gasteiger partial charge in [-0.05, 0) is 30.7 Å². The van der Waals surface area contributed by atoms with E-state index < -0.39 is 6.04 Å². The lowest BCUT2D eigenvalue weighted by Crippen LogP contribution is -2.40. The van der Waals surface area contributed by atoms with E-state index in [0.29, 0.717) is 38.5 Å². The maximum Gasteiger partial charge on any atom is 0.255 e. The summed E-state index contributed by atoms with van der Waals surface area (Å²) in [6.45, 7) is 1.79. The van der Waals surface area contributed by atoms with Crippen LogP contribution in [0.25, 0.3) is 0 Å². The molecule has 0 aromatic heterocycles. The third-order valence-electron chi connectivity index (χ3n) is 4.46. The molecule has 0 saturated carbocycles. The summed E-state index contributed by atoms with van der Waals surface area (Å²) < 4.78 is 0. The number of para-hydroxylation sites is 1. The number of hydrogen-bond acceptors (Lipinski definition) is 4. The number of thioether (sulfide) groups is 1. The number of aliphatic imine (C=N–C) groups is 1. The van der Waals surface area contributed by atoms with E-state index in [0.717, 1.165) is 0 Å². The molecule has 0 bridgehead atoms. The second kappa shape index (κ2) is 7.21. The predicted octanol–water partition coefficient (Wildman–Crippen LogP) is 4.24. The van der Waals surface area contributed by atoms with Crippen LogP contribution in [0.4, 0.5) is 5.69 Å². The minimum absolute atomic E-state index is 0.0822. The first kappa shape index (κ1) is 17.8. The zero-order chi connectivity index (χ0) is 19.0. The summed E-state index contributed by atoms with van der Waals surface area (Å²) in [5, 5.41) is 4.02. The number of nitrogens with one attached hydrogen (secondary N) is 1. The number of anilines is 1. The fraction of sp³-hybridized carbons (Fsp3) is 0.150. The fourth-order valence-electron chi connectivity index (χ4n) is 3.24. The summed E-state index contributed by atoms with van der Waals surface area (Å²) in [5.41, 5.74) is 2.39. The van der Waals surface area contributed by atoms with Crippen molar-refractivity contribution in [3.8, 4) is 0 Å². The molecule has 0 spiro atoms. The van der Waals surface area contributed by atoms with Crippen LogP contribution in [0.2, 0.25) is 5.02 Å². The number of fused-ring (bicyclic) bond motifs is 1. The van der Waals surface area contributed by atoms with Crippen LogP contribution in [0, 0.1) is 0 Å². The first-order valence-corrected chi connectivity index (χ1v) is 9.78. The molecular weight excluding hydrogens is 382 g/mol. The molecule has 2 aromatic rings. The Bertz CT molecular complexity index is 988. The maximum atomic E-state index is 13.1. The van der Waals surface area contributed by atoms with Crippen molar-refractivity contribution in [2.45, 2.75) is 13.0 Å². The average molecular weight is 398 g/mol. The van der Waals surface area contributed by atoms with Crippen LogP contribution >= 0.6 is 23.4 Å². The molecule has 136 valence electrons. The van der Waals surface area contributed by atoms with E-state index in [1.165, 1.54) is 11.8 Å². The highest BCUT2D eigenvalue weighted by Crippen LogP contribution is 2.42. The molecule has 2 aromatic carbocycles. The highest BCUT2D eigenvalue weighted by Gasteiger charge is 2.43. The van der Waals surface area contributed by atoms with Gasteiger partial charge in [0.25, 0.3) is 5.91 Å². The minimum Gasteiger partial charge on any atom is -0.322 e. The lowest BCUT2D eigenvalue weighted by atomic mass is 9.93. The van der Waals surface area contributed by atoms with Crippen molar-refractivity contribution < 1.29 is 9.59 Å². The second-order valence-electron chi connectivity index (χ2n) is 6.19. The van der Waals surface area contributed by atoms with Crippen molar-refractivity contribution >= 4 is 46.0 Å². The van der Waals surface area contributed by atoms with Gasteiger partial charge in [0, 0.05) is 10.7 Å². The van der Waals surface area contributed by atoms with Crippen LogP contribution in [-0.2, 0) is 9.59 Å². The molecule has 2 heterocycles. The van der Waals surface area contributed by atoms with Gasteiger partial charge in [-0.15, -0.1) is 0 Å². The number of halogens is 1. The zero-order valence-corrected chi connectivity index (χ0v) is 16.1. The Morgan fingerprint density at radius 2 is 1.89 bits per heavy atom. The summed E-state index contributed by atoms with van der Waals surface area (Å²) in [7, 11) is 0. The monoisotopic (exact) mass is 397 g/mol.